The minimum Gasteiger partial charge on any atom is -0.485 e. The van der Waals surface area contributed by atoms with Gasteiger partial charge in [0.15, 0.2) is 6.61 Å². The number of ether oxygens (including phenoxy) is 1. The lowest BCUT2D eigenvalue weighted by Crippen LogP contribution is -2.14. The second kappa shape index (κ2) is 5.90. The van der Waals surface area contributed by atoms with E-state index < -0.39 is 5.60 Å². The van der Waals surface area contributed by atoms with Crippen LogP contribution in [0.2, 0.25) is 0 Å². The first-order valence-electron chi connectivity index (χ1n) is 6.84. The fraction of sp³-hybridized carbons (Fsp3) is 0.250. The van der Waals surface area contributed by atoms with Gasteiger partial charge in [0.25, 0.3) is 5.89 Å². The lowest BCUT2D eigenvalue weighted by molar-refractivity contribution is 0.0785. The van der Waals surface area contributed by atoms with E-state index in [9.17, 15) is 5.11 Å². The number of nitrogens with zero attached hydrogens (tertiary/aromatic N) is 2. The van der Waals surface area contributed by atoms with Crippen molar-refractivity contribution in [1.29, 1.82) is 0 Å². The summed E-state index contributed by atoms with van der Waals surface area (Å²) in [5.74, 6) is 1.69. The van der Waals surface area contributed by atoms with Gasteiger partial charge in [0, 0.05) is 0 Å². The van der Waals surface area contributed by atoms with Gasteiger partial charge in [-0.2, -0.15) is 4.98 Å². The van der Waals surface area contributed by atoms with Crippen molar-refractivity contribution >= 4 is 11.3 Å². The summed E-state index contributed by atoms with van der Waals surface area (Å²) in [7, 11) is 0. The normalized spacial score (nSPS) is 11.6. The predicted molar refractivity (Wildman–Crippen MR) is 83.6 cm³/mol. The largest absolute Gasteiger partial charge is 0.485 e. The Morgan fingerprint density at radius 2 is 2.00 bits per heavy atom. The van der Waals surface area contributed by atoms with E-state index in [1.54, 1.807) is 25.2 Å². The molecule has 0 saturated heterocycles. The molecular formula is C16H16N2O3S. The first kappa shape index (κ1) is 14.7. The number of aromatic nitrogens is 2. The Bertz CT molecular complexity index is 728. The SMILES string of the molecule is CC(C)(O)c1ccc(OCc2noc(-c3cccs3)n2)cc1. The van der Waals surface area contributed by atoms with E-state index in [1.807, 2.05) is 41.8 Å². The summed E-state index contributed by atoms with van der Waals surface area (Å²) < 4.78 is 10.8. The van der Waals surface area contributed by atoms with Crippen molar-refractivity contribution < 1.29 is 14.4 Å². The third-order valence-corrected chi connectivity index (χ3v) is 3.99. The minimum absolute atomic E-state index is 0.233. The van der Waals surface area contributed by atoms with E-state index >= 15 is 0 Å². The number of benzene rings is 1. The molecule has 3 rings (SSSR count). The zero-order valence-corrected chi connectivity index (χ0v) is 13.1. The molecule has 5 nitrogen and oxygen atoms in total. The lowest BCUT2D eigenvalue weighted by Gasteiger charge is -2.17. The Balaban J connectivity index is 1.63. The molecule has 2 aromatic heterocycles. The molecule has 0 amide bonds. The molecule has 0 saturated carbocycles. The molecule has 0 aliphatic rings. The van der Waals surface area contributed by atoms with Gasteiger partial charge in [0.05, 0.1) is 10.5 Å². The highest BCUT2D eigenvalue weighted by atomic mass is 32.1. The van der Waals surface area contributed by atoms with E-state index in [2.05, 4.69) is 10.1 Å². The van der Waals surface area contributed by atoms with E-state index in [4.69, 9.17) is 9.26 Å². The van der Waals surface area contributed by atoms with Crippen molar-refractivity contribution in [2.24, 2.45) is 0 Å². The maximum Gasteiger partial charge on any atom is 0.268 e. The molecule has 114 valence electrons. The molecule has 0 aliphatic heterocycles. The van der Waals surface area contributed by atoms with Gasteiger partial charge in [-0.25, -0.2) is 0 Å². The highest BCUT2D eigenvalue weighted by molar-refractivity contribution is 7.13. The van der Waals surface area contributed by atoms with Crippen molar-refractivity contribution in [3.05, 3.63) is 53.2 Å². The summed E-state index contributed by atoms with van der Waals surface area (Å²) in [6.45, 7) is 3.72. The molecule has 0 radical (unpaired) electrons. The molecule has 2 heterocycles. The van der Waals surface area contributed by atoms with Gasteiger partial charge < -0.3 is 14.4 Å². The van der Waals surface area contributed by atoms with Gasteiger partial charge in [-0.3, -0.25) is 0 Å². The summed E-state index contributed by atoms with van der Waals surface area (Å²) in [6.07, 6.45) is 0. The van der Waals surface area contributed by atoms with Crippen molar-refractivity contribution in [3.8, 4) is 16.5 Å². The summed E-state index contributed by atoms with van der Waals surface area (Å²) in [6, 6.07) is 11.2. The topological polar surface area (TPSA) is 68.4 Å². The van der Waals surface area contributed by atoms with Crippen LogP contribution in [0.4, 0.5) is 0 Å². The van der Waals surface area contributed by atoms with Crippen LogP contribution in [0.5, 0.6) is 5.75 Å². The van der Waals surface area contributed by atoms with Crippen LogP contribution < -0.4 is 4.74 Å². The van der Waals surface area contributed by atoms with Crippen molar-refractivity contribution in [2.45, 2.75) is 26.1 Å². The summed E-state index contributed by atoms with van der Waals surface area (Å²) >= 11 is 1.55. The van der Waals surface area contributed by atoms with Crippen LogP contribution in [0.25, 0.3) is 10.8 Å². The van der Waals surface area contributed by atoms with Crippen LogP contribution in [0, 0.1) is 0 Å². The van der Waals surface area contributed by atoms with Gasteiger partial charge in [-0.15, -0.1) is 11.3 Å². The van der Waals surface area contributed by atoms with E-state index in [1.165, 1.54) is 0 Å². The molecule has 6 heteroatoms. The minimum atomic E-state index is -0.859. The van der Waals surface area contributed by atoms with Gasteiger partial charge in [0.2, 0.25) is 5.82 Å². The second-order valence-electron chi connectivity index (χ2n) is 5.37. The summed E-state index contributed by atoms with van der Waals surface area (Å²) in [5.41, 5.74) is -0.0265. The Labute approximate surface area is 132 Å². The highest BCUT2D eigenvalue weighted by Crippen LogP contribution is 2.24. The third kappa shape index (κ3) is 3.35. The fourth-order valence-corrected chi connectivity index (χ4v) is 2.56. The number of rotatable bonds is 5. The van der Waals surface area contributed by atoms with Crippen LogP contribution in [-0.2, 0) is 12.2 Å². The maximum atomic E-state index is 9.91. The molecule has 0 fully saturated rings. The molecule has 0 unspecified atom stereocenters. The average molecular weight is 316 g/mol. The molecule has 3 aromatic rings. The fourth-order valence-electron chi connectivity index (χ4n) is 1.92. The molecule has 1 N–H and O–H groups in total. The Kier molecular flexibility index (Phi) is 3.96. The predicted octanol–water partition coefficient (Wildman–Crippen LogP) is 3.60. The van der Waals surface area contributed by atoms with Crippen LogP contribution in [0.15, 0.2) is 46.3 Å². The number of thiophene rings is 1. The van der Waals surface area contributed by atoms with Gasteiger partial charge >= 0.3 is 0 Å². The summed E-state index contributed by atoms with van der Waals surface area (Å²) in [5, 5.41) is 15.8. The van der Waals surface area contributed by atoms with Gasteiger partial charge in [-0.05, 0) is 43.0 Å². The molecule has 22 heavy (non-hydrogen) atoms. The number of hydrogen-bond donors (Lipinski definition) is 1. The van der Waals surface area contributed by atoms with Crippen LogP contribution >= 0.6 is 11.3 Å². The van der Waals surface area contributed by atoms with E-state index in [0.29, 0.717) is 17.5 Å². The lowest BCUT2D eigenvalue weighted by atomic mass is 9.99. The van der Waals surface area contributed by atoms with E-state index in [-0.39, 0.29) is 6.61 Å². The molecule has 0 spiro atoms. The quantitative estimate of drug-likeness (QED) is 0.779. The summed E-state index contributed by atoms with van der Waals surface area (Å²) in [4.78, 5) is 5.23. The molecular weight excluding hydrogens is 300 g/mol. The number of hydrogen-bond acceptors (Lipinski definition) is 6. The van der Waals surface area contributed by atoms with Crippen molar-refractivity contribution in [1.82, 2.24) is 10.1 Å². The Hall–Kier alpha value is -2.18. The number of aliphatic hydroxyl groups is 1. The van der Waals surface area contributed by atoms with E-state index in [0.717, 1.165) is 10.4 Å². The van der Waals surface area contributed by atoms with Crippen LogP contribution in [-0.4, -0.2) is 15.2 Å². The standard InChI is InChI=1S/C16H16N2O3S/c1-16(2,19)11-5-7-12(8-6-11)20-10-14-17-15(21-18-14)13-4-3-9-22-13/h3-9,19H,10H2,1-2H3. The van der Waals surface area contributed by atoms with Crippen LogP contribution in [0.1, 0.15) is 25.2 Å². The Morgan fingerprint density at radius 1 is 1.23 bits per heavy atom. The molecule has 0 aliphatic carbocycles. The van der Waals surface area contributed by atoms with Gasteiger partial charge in [-0.1, -0.05) is 23.4 Å². The van der Waals surface area contributed by atoms with Crippen LogP contribution in [0.3, 0.4) is 0 Å². The van der Waals surface area contributed by atoms with Gasteiger partial charge in [0.1, 0.15) is 5.75 Å². The maximum absolute atomic E-state index is 9.91. The molecule has 0 atom stereocenters. The highest BCUT2D eigenvalue weighted by Gasteiger charge is 2.15. The molecule has 1 aromatic carbocycles. The third-order valence-electron chi connectivity index (χ3n) is 3.13. The molecule has 0 bridgehead atoms. The zero-order chi connectivity index (χ0) is 15.6. The Morgan fingerprint density at radius 3 is 2.64 bits per heavy atom. The average Bonchev–Trinajstić information content (AvgIpc) is 3.15. The first-order chi connectivity index (χ1) is 10.5. The zero-order valence-electron chi connectivity index (χ0n) is 12.3. The van der Waals surface area contributed by atoms with Crippen molar-refractivity contribution in [3.63, 3.8) is 0 Å². The smallest absolute Gasteiger partial charge is 0.268 e. The monoisotopic (exact) mass is 316 g/mol. The van der Waals surface area contributed by atoms with Crippen molar-refractivity contribution in [2.75, 3.05) is 0 Å². The first-order valence-corrected chi connectivity index (χ1v) is 7.72. The second-order valence-corrected chi connectivity index (χ2v) is 6.31.